The molecule has 0 fully saturated rings. The average molecular weight is 793 g/mol. The van der Waals surface area contributed by atoms with E-state index in [0.717, 1.165) is 25.7 Å². The van der Waals surface area contributed by atoms with Gasteiger partial charge in [-0.3, -0.25) is 0 Å². The van der Waals surface area contributed by atoms with Crippen LogP contribution in [0.25, 0.3) is 64.3 Å². The van der Waals surface area contributed by atoms with Gasteiger partial charge in [0.15, 0.2) is 8.07 Å². The molecular weight excluding hydrogens is 749 g/mol. The summed E-state index contributed by atoms with van der Waals surface area (Å²) in [4.78, 5) is 0. The lowest BCUT2D eigenvalue weighted by atomic mass is 9.87. The third-order valence-corrected chi connectivity index (χ3v) is 19.3. The number of nitrogens with zero attached hydrogens (tertiary/aromatic N) is 2. The first-order valence-electron chi connectivity index (χ1n) is 21.3. The van der Waals surface area contributed by atoms with Crippen LogP contribution in [-0.4, -0.2) is 17.2 Å². The van der Waals surface area contributed by atoms with Crippen LogP contribution in [0.5, 0.6) is 0 Å². The normalized spacial score (nSPS) is 16.6. The summed E-state index contributed by atoms with van der Waals surface area (Å²) in [5.74, 6) is 0.673. The molecule has 0 saturated carbocycles. The van der Waals surface area contributed by atoms with E-state index in [1.165, 1.54) is 97.1 Å². The number of aromatic nitrogens is 2. The predicted octanol–water partition coefficient (Wildman–Crippen LogP) is 12.5. The number of allylic oxidation sites excluding steroid dienone is 4. The van der Waals surface area contributed by atoms with Crippen molar-refractivity contribution in [3.63, 3.8) is 0 Å². The first-order chi connectivity index (χ1) is 29.2. The van der Waals surface area contributed by atoms with Crippen LogP contribution in [0.15, 0.2) is 187 Å². The zero-order chi connectivity index (χ0) is 39.1. The maximum atomic E-state index is 2.66. The number of rotatable bonds is 6. The predicted molar refractivity (Wildman–Crippen MR) is 256 cm³/mol. The van der Waals surface area contributed by atoms with E-state index in [1.807, 2.05) is 11.3 Å². The highest BCUT2D eigenvalue weighted by Crippen LogP contribution is 2.42. The minimum Gasteiger partial charge on any atom is -0.313 e. The van der Waals surface area contributed by atoms with Gasteiger partial charge in [0.05, 0.1) is 16.6 Å². The van der Waals surface area contributed by atoms with Crippen molar-refractivity contribution in [2.24, 2.45) is 5.92 Å². The average Bonchev–Trinajstić information content (AvgIpc) is 3.93. The van der Waals surface area contributed by atoms with Crippen LogP contribution in [0.4, 0.5) is 0 Å². The Morgan fingerprint density at radius 1 is 0.525 bits per heavy atom. The third kappa shape index (κ3) is 5.29. The Morgan fingerprint density at radius 3 is 2.08 bits per heavy atom. The summed E-state index contributed by atoms with van der Waals surface area (Å²) in [5.41, 5.74) is 9.34. The number of hydrogen-bond donors (Lipinski definition) is 0. The topological polar surface area (TPSA) is 9.86 Å². The molecule has 10 aromatic rings. The Labute approximate surface area is 350 Å². The van der Waals surface area contributed by atoms with E-state index in [2.05, 4.69) is 198 Å². The quantitative estimate of drug-likeness (QED) is 0.117. The fourth-order valence-corrected chi connectivity index (χ4v) is 16.8. The van der Waals surface area contributed by atoms with Gasteiger partial charge in [-0.2, -0.15) is 0 Å². The highest BCUT2D eigenvalue weighted by atomic mass is 32.1. The van der Waals surface area contributed by atoms with E-state index in [0.29, 0.717) is 5.92 Å². The summed E-state index contributed by atoms with van der Waals surface area (Å²) in [5, 5.41) is 12.5. The molecule has 3 heterocycles. The molecule has 4 heteroatoms. The van der Waals surface area contributed by atoms with Gasteiger partial charge in [0, 0.05) is 53.4 Å². The molecule has 12 rings (SSSR count). The van der Waals surface area contributed by atoms with Gasteiger partial charge in [-0.1, -0.05) is 134 Å². The second-order valence-electron chi connectivity index (χ2n) is 16.8. The SMILES string of the molecule is CC1CCc2c(c3cc4c(cc3n2-c2cccc([Si](C3=CCCC=C3)(c3ccccc3)c3ccc5c6ccccc6n(-c6ccccc6)c5c3)c2)sc2ccccc24)C1. The lowest BCUT2D eigenvalue weighted by Crippen LogP contribution is -2.68. The van der Waals surface area contributed by atoms with E-state index in [4.69, 9.17) is 0 Å². The van der Waals surface area contributed by atoms with Crippen molar-refractivity contribution in [2.75, 3.05) is 0 Å². The molecule has 2 unspecified atom stereocenters. The Kier molecular flexibility index (Phi) is 8.08. The van der Waals surface area contributed by atoms with Gasteiger partial charge in [0.1, 0.15) is 0 Å². The fourth-order valence-electron chi connectivity index (χ4n) is 10.8. The molecule has 59 heavy (non-hydrogen) atoms. The zero-order valence-electron chi connectivity index (χ0n) is 33.2. The third-order valence-electron chi connectivity index (χ3n) is 13.4. The molecule has 2 aliphatic carbocycles. The number of fused-ring (bicyclic) bond motifs is 9. The molecule has 0 amide bonds. The summed E-state index contributed by atoms with van der Waals surface area (Å²) in [6.07, 6.45) is 13.0. The van der Waals surface area contributed by atoms with E-state index in [-0.39, 0.29) is 0 Å². The summed E-state index contributed by atoms with van der Waals surface area (Å²) in [6, 6.07) is 62.5. The minimum atomic E-state index is -2.89. The van der Waals surface area contributed by atoms with Crippen LogP contribution in [0.2, 0.25) is 0 Å². The zero-order valence-corrected chi connectivity index (χ0v) is 35.1. The molecule has 284 valence electrons. The molecule has 0 aliphatic heterocycles. The molecule has 0 bridgehead atoms. The molecule has 2 aliphatic rings. The molecule has 0 spiro atoms. The van der Waals surface area contributed by atoms with E-state index in [9.17, 15) is 0 Å². The maximum Gasteiger partial charge on any atom is 0.179 e. The van der Waals surface area contributed by atoms with Crippen molar-refractivity contribution in [3.05, 3.63) is 198 Å². The van der Waals surface area contributed by atoms with Gasteiger partial charge in [0.2, 0.25) is 0 Å². The van der Waals surface area contributed by atoms with Crippen molar-refractivity contribution >= 4 is 87.9 Å². The number of hydrogen-bond acceptors (Lipinski definition) is 1. The fraction of sp³-hybridized carbons (Fsp3) is 0.127. The van der Waals surface area contributed by atoms with E-state index >= 15 is 0 Å². The Hall–Kier alpha value is -6.20. The standard InChI is InChI=1S/C55H44N2SSi/c1-37-28-31-51-47(32-37)48-35-49-46-25-12-14-27-54(46)58-55(49)36-53(48)57(51)39-18-15-23-42(33-39)59(40-19-7-3-8-20-40,41-21-9-4-10-22-41)43-29-30-45-44-24-11-13-26-50(44)56(52(45)34-43)38-16-5-2-6-17-38/h2-3,5-9,11-27,29-30,33-37H,4,10,28,31-32H2,1H3. The second-order valence-corrected chi connectivity index (χ2v) is 21.7. The summed E-state index contributed by atoms with van der Waals surface area (Å²) < 4.78 is 7.87. The first-order valence-corrected chi connectivity index (χ1v) is 24.1. The Bertz CT molecular complexity index is 3330. The van der Waals surface area contributed by atoms with Crippen molar-refractivity contribution < 1.29 is 0 Å². The summed E-state index contributed by atoms with van der Waals surface area (Å²) in [6.45, 7) is 2.44. The second kappa shape index (κ2) is 13.7. The summed E-state index contributed by atoms with van der Waals surface area (Å²) in [7, 11) is -2.89. The van der Waals surface area contributed by atoms with E-state index < -0.39 is 8.07 Å². The molecule has 0 N–H and O–H groups in total. The van der Waals surface area contributed by atoms with Crippen molar-refractivity contribution in [3.8, 4) is 11.4 Å². The minimum absolute atomic E-state index is 0.673. The van der Waals surface area contributed by atoms with Crippen LogP contribution in [-0.2, 0) is 12.8 Å². The molecule has 7 aromatic carbocycles. The van der Waals surface area contributed by atoms with Gasteiger partial charge < -0.3 is 9.13 Å². The smallest absolute Gasteiger partial charge is 0.179 e. The van der Waals surface area contributed by atoms with Crippen LogP contribution >= 0.6 is 11.3 Å². The maximum absolute atomic E-state index is 2.89. The number of benzene rings is 7. The van der Waals surface area contributed by atoms with Crippen LogP contribution in [0.1, 0.15) is 37.4 Å². The van der Waals surface area contributed by atoms with Crippen molar-refractivity contribution in [2.45, 2.75) is 39.0 Å². The van der Waals surface area contributed by atoms with Crippen LogP contribution < -0.4 is 15.6 Å². The van der Waals surface area contributed by atoms with Crippen molar-refractivity contribution in [1.82, 2.24) is 9.13 Å². The number of thiophene rings is 1. The van der Waals surface area contributed by atoms with Gasteiger partial charge in [-0.05, 0) is 119 Å². The van der Waals surface area contributed by atoms with Gasteiger partial charge in [0.25, 0.3) is 0 Å². The summed E-state index contributed by atoms with van der Waals surface area (Å²) >= 11 is 1.93. The Balaban J connectivity index is 1.15. The molecule has 3 aromatic heterocycles. The number of para-hydroxylation sites is 2. The van der Waals surface area contributed by atoms with Crippen LogP contribution in [0, 0.1) is 5.92 Å². The first kappa shape index (κ1) is 34.8. The molecule has 0 saturated heterocycles. The largest absolute Gasteiger partial charge is 0.313 e. The Morgan fingerprint density at radius 2 is 1.24 bits per heavy atom. The van der Waals surface area contributed by atoms with Gasteiger partial charge in [-0.15, -0.1) is 11.3 Å². The monoisotopic (exact) mass is 792 g/mol. The lowest BCUT2D eigenvalue weighted by molar-refractivity contribution is 0.495. The molecular formula is C55H44N2SSi. The highest BCUT2D eigenvalue weighted by molar-refractivity contribution is 7.25. The molecule has 2 nitrogen and oxygen atoms in total. The van der Waals surface area contributed by atoms with Gasteiger partial charge >= 0.3 is 0 Å². The highest BCUT2D eigenvalue weighted by Gasteiger charge is 2.43. The van der Waals surface area contributed by atoms with Gasteiger partial charge in [-0.25, -0.2) is 0 Å². The lowest BCUT2D eigenvalue weighted by Gasteiger charge is -2.36. The molecule has 2 atom stereocenters. The van der Waals surface area contributed by atoms with E-state index in [1.54, 1.807) is 5.56 Å². The van der Waals surface area contributed by atoms with Crippen molar-refractivity contribution in [1.29, 1.82) is 0 Å². The molecule has 0 radical (unpaired) electrons. The van der Waals surface area contributed by atoms with Crippen LogP contribution in [0.3, 0.4) is 0 Å².